The lowest BCUT2D eigenvalue weighted by Crippen LogP contribution is -2.07. The van der Waals surface area contributed by atoms with Crippen LogP contribution in [0.25, 0.3) is 5.57 Å². The zero-order valence-corrected chi connectivity index (χ0v) is 20.5. The Hall–Kier alpha value is -2.45. The molecule has 0 heterocycles. The molecule has 0 aliphatic rings. The highest BCUT2D eigenvalue weighted by Gasteiger charge is 2.01. The Kier molecular flexibility index (Phi) is 26.5. The van der Waals surface area contributed by atoms with Crippen LogP contribution in [-0.4, -0.2) is 20.4 Å². The first-order chi connectivity index (χ1) is 15.1. The minimum absolute atomic E-state index is 0. The van der Waals surface area contributed by atoms with E-state index in [0.29, 0.717) is 0 Å². The van der Waals surface area contributed by atoms with Gasteiger partial charge in [0, 0.05) is 0 Å². The number of benzene rings is 2. The normalized spacial score (nSPS) is 8.88. The van der Waals surface area contributed by atoms with Crippen LogP contribution in [0.2, 0.25) is 0 Å². The molecule has 32 heavy (non-hydrogen) atoms. The molecule has 2 heteroatoms. The van der Waals surface area contributed by atoms with Crippen molar-refractivity contribution in [2.75, 3.05) is 13.6 Å². The van der Waals surface area contributed by atoms with E-state index < -0.39 is 0 Å². The van der Waals surface area contributed by atoms with Gasteiger partial charge in [0.05, 0.1) is 0 Å². The van der Waals surface area contributed by atoms with E-state index in [1.165, 1.54) is 66.4 Å². The summed E-state index contributed by atoms with van der Waals surface area (Å²) in [6, 6.07) is 17.3. The number of nitrogens with one attached hydrogen (secondary N) is 1. The first-order valence-corrected chi connectivity index (χ1v) is 11.3. The van der Waals surface area contributed by atoms with Crippen LogP contribution < -0.4 is 5.32 Å². The minimum atomic E-state index is 0. The van der Waals surface area contributed by atoms with Gasteiger partial charge in [0.15, 0.2) is 0 Å². The van der Waals surface area contributed by atoms with E-state index in [-0.39, 0.29) is 7.43 Å². The van der Waals surface area contributed by atoms with E-state index in [9.17, 15) is 0 Å². The Bertz CT molecular complexity index is 673. The van der Waals surface area contributed by atoms with Gasteiger partial charge in [-0.2, -0.15) is 0 Å². The fourth-order valence-electron chi connectivity index (χ4n) is 3.08. The predicted molar refractivity (Wildman–Crippen MR) is 148 cm³/mol. The standard InChI is InChI=1S/C14H21N.C12H18.C2H4.CH2O.CH4/c1-12-8-4-5-10-14(12)13(2)9-6-7-11-15-3;1-3-4-5-6-12-9-7-11(2)8-10-12;2*1-2;/h4-5,8,10,15H,2,6-7,9,11H2,1,3H3;7-10H,3-6H2,1-2H3;1-2H2;1H2;1H4. The maximum absolute atomic E-state index is 8.00. The van der Waals surface area contributed by atoms with Gasteiger partial charge in [-0.25, -0.2) is 0 Å². The van der Waals surface area contributed by atoms with Gasteiger partial charge in [-0.15, -0.1) is 13.2 Å². The van der Waals surface area contributed by atoms with Crippen molar-refractivity contribution < 1.29 is 4.79 Å². The van der Waals surface area contributed by atoms with Crippen LogP contribution in [-0.2, 0) is 11.2 Å². The second-order valence-electron chi connectivity index (χ2n) is 7.42. The Morgan fingerprint density at radius 3 is 2.00 bits per heavy atom. The highest BCUT2D eigenvalue weighted by Crippen LogP contribution is 2.21. The fourth-order valence-corrected chi connectivity index (χ4v) is 3.08. The predicted octanol–water partition coefficient (Wildman–Crippen LogP) is 8.38. The number of hydrogen-bond donors (Lipinski definition) is 1. The molecule has 0 aliphatic carbocycles. The molecular weight excluding hydrogens is 390 g/mol. The molecule has 0 amide bonds. The number of unbranched alkanes of at least 4 members (excludes halogenated alkanes) is 3. The Morgan fingerprint density at radius 2 is 1.47 bits per heavy atom. The summed E-state index contributed by atoms with van der Waals surface area (Å²) >= 11 is 0. The number of carbonyl (C=O) groups is 1. The minimum Gasteiger partial charge on any atom is -0.320 e. The fraction of sp³-hybridized carbons (Fsp3) is 0.433. The van der Waals surface area contributed by atoms with Crippen LogP contribution in [0, 0.1) is 13.8 Å². The van der Waals surface area contributed by atoms with Crippen LogP contribution in [0.3, 0.4) is 0 Å². The molecule has 1 N–H and O–H groups in total. The number of allylic oxidation sites excluding steroid dienone is 1. The van der Waals surface area contributed by atoms with Gasteiger partial charge in [0.2, 0.25) is 0 Å². The van der Waals surface area contributed by atoms with E-state index in [1.807, 2.05) is 13.8 Å². The first kappa shape index (κ1) is 34.2. The number of carbonyl (C=O) groups excluding carboxylic acids is 1. The number of hydrogen-bond acceptors (Lipinski definition) is 2. The van der Waals surface area contributed by atoms with E-state index >= 15 is 0 Å². The number of rotatable bonds is 10. The largest absolute Gasteiger partial charge is 0.320 e. The Labute approximate surface area is 199 Å². The molecule has 0 saturated heterocycles. The van der Waals surface area contributed by atoms with Crippen molar-refractivity contribution in [2.45, 2.75) is 73.1 Å². The van der Waals surface area contributed by atoms with Crippen molar-refractivity contribution in [1.82, 2.24) is 5.32 Å². The molecule has 0 atom stereocenters. The average molecular weight is 440 g/mol. The van der Waals surface area contributed by atoms with Crippen LogP contribution in [0.15, 0.2) is 68.3 Å². The molecule has 0 spiro atoms. The van der Waals surface area contributed by atoms with Gasteiger partial charge in [0.25, 0.3) is 0 Å². The second kappa shape index (κ2) is 24.8. The lowest BCUT2D eigenvalue weighted by Gasteiger charge is -2.08. The monoisotopic (exact) mass is 439 g/mol. The molecule has 0 aliphatic heterocycles. The quantitative estimate of drug-likeness (QED) is 0.297. The van der Waals surface area contributed by atoms with Crippen molar-refractivity contribution in [3.8, 4) is 0 Å². The summed E-state index contributed by atoms with van der Waals surface area (Å²) in [7, 11) is 2.00. The highest BCUT2D eigenvalue weighted by molar-refractivity contribution is 5.65. The molecular formula is C30H49NO. The van der Waals surface area contributed by atoms with Gasteiger partial charge in [-0.05, 0) is 81.8 Å². The molecule has 2 aromatic carbocycles. The van der Waals surface area contributed by atoms with Crippen molar-refractivity contribution >= 4 is 12.4 Å². The van der Waals surface area contributed by atoms with E-state index in [0.717, 1.165) is 13.0 Å². The van der Waals surface area contributed by atoms with Crippen LogP contribution >= 0.6 is 0 Å². The topological polar surface area (TPSA) is 29.1 Å². The smallest absolute Gasteiger partial charge is 0.106 e. The highest BCUT2D eigenvalue weighted by atomic mass is 16.1. The molecule has 0 unspecified atom stereocenters. The summed E-state index contributed by atoms with van der Waals surface area (Å²) < 4.78 is 0. The summed E-state index contributed by atoms with van der Waals surface area (Å²) in [6.45, 7) is 19.8. The summed E-state index contributed by atoms with van der Waals surface area (Å²) in [4.78, 5) is 8.00. The molecule has 2 nitrogen and oxygen atoms in total. The molecule has 0 saturated carbocycles. The maximum Gasteiger partial charge on any atom is 0.106 e. The van der Waals surface area contributed by atoms with E-state index in [2.05, 4.69) is 94.4 Å². The third-order valence-corrected chi connectivity index (χ3v) is 4.87. The van der Waals surface area contributed by atoms with Gasteiger partial charge >= 0.3 is 0 Å². The molecule has 0 bridgehead atoms. The van der Waals surface area contributed by atoms with Crippen LogP contribution in [0.4, 0.5) is 0 Å². The van der Waals surface area contributed by atoms with E-state index in [1.54, 1.807) is 0 Å². The third-order valence-electron chi connectivity index (χ3n) is 4.87. The molecule has 0 aromatic heterocycles. The first-order valence-electron chi connectivity index (χ1n) is 11.3. The zero-order chi connectivity index (χ0) is 23.9. The SMILES string of the molecule is C.C=C.C=C(CCCCNC)c1ccccc1C.C=O.CCCCCc1ccc(C)cc1. The average Bonchev–Trinajstić information content (AvgIpc) is 2.81. The number of aryl methyl sites for hydroxylation is 3. The summed E-state index contributed by atoms with van der Waals surface area (Å²) in [5.74, 6) is 0. The molecule has 0 fully saturated rings. The third kappa shape index (κ3) is 17.3. The zero-order valence-electron chi connectivity index (χ0n) is 20.5. The summed E-state index contributed by atoms with van der Waals surface area (Å²) in [6.07, 6.45) is 8.79. The lowest BCUT2D eigenvalue weighted by molar-refractivity contribution is -0.0979. The van der Waals surface area contributed by atoms with Crippen molar-refractivity contribution in [2.24, 2.45) is 0 Å². The van der Waals surface area contributed by atoms with Crippen molar-refractivity contribution in [1.29, 1.82) is 0 Å². The van der Waals surface area contributed by atoms with Gasteiger partial charge in [-0.1, -0.05) is 87.9 Å². The molecule has 180 valence electrons. The van der Waals surface area contributed by atoms with Gasteiger partial charge < -0.3 is 10.1 Å². The van der Waals surface area contributed by atoms with Gasteiger partial charge in [-0.3, -0.25) is 0 Å². The second-order valence-corrected chi connectivity index (χ2v) is 7.42. The molecule has 2 rings (SSSR count). The summed E-state index contributed by atoms with van der Waals surface area (Å²) in [5.41, 5.74) is 6.76. The molecule has 2 aromatic rings. The molecule has 0 radical (unpaired) electrons. The van der Waals surface area contributed by atoms with Crippen LogP contribution in [0.1, 0.15) is 75.1 Å². The van der Waals surface area contributed by atoms with Gasteiger partial charge in [0.1, 0.15) is 6.79 Å². The lowest BCUT2D eigenvalue weighted by atomic mass is 9.98. The summed E-state index contributed by atoms with van der Waals surface area (Å²) in [5, 5.41) is 3.16. The van der Waals surface area contributed by atoms with E-state index in [4.69, 9.17) is 4.79 Å². The maximum atomic E-state index is 8.00. The van der Waals surface area contributed by atoms with Crippen LogP contribution in [0.5, 0.6) is 0 Å². The van der Waals surface area contributed by atoms with Crippen molar-refractivity contribution in [3.63, 3.8) is 0 Å². The van der Waals surface area contributed by atoms with Crippen molar-refractivity contribution in [3.05, 3.63) is 90.5 Å². The Morgan fingerprint density at radius 1 is 0.875 bits per heavy atom. The Balaban J connectivity index is -0.000000449.